The zero-order valence-corrected chi connectivity index (χ0v) is 9.82. The molecule has 0 bridgehead atoms. The molecule has 0 saturated carbocycles. The van der Waals surface area contributed by atoms with Gasteiger partial charge in [0.1, 0.15) is 0 Å². The third-order valence-electron chi connectivity index (χ3n) is 2.65. The van der Waals surface area contributed by atoms with Crippen LogP contribution in [0.4, 0.5) is 0 Å². The second kappa shape index (κ2) is 6.31. The lowest BCUT2D eigenvalue weighted by molar-refractivity contribution is 0.716. The van der Waals surface area contributed by atoms with E-state index in [2.05, 4.69) is 19.1 Å². The number of hydrogen-bond acceptors (Lipinski definition) is 3. The Morgan fingerprint density at radius 1 is 0.941 bits per heavy atom. The lowest BCUT2D eigenvalue weighted by Gasteiger charge is -2.06. The van der Waals surface area contributed by atoms with E-state index in [4.69, 9.17) is 15.8 Å². The Morgan fingerprint density at radius 2 is 1.53 bits per heavy atom. The molecule has 84 valence electrons. The Hall–Kier alpha value is -2.31. The van der Waals surface area contributed by atoms with Gasteiger partial charge in [0.25, 0.3) is 0 Å². The SMILES string of the molecule is CCCCCc1c(C#N)cc(C#N)cc1C#N. The van der Waals surface area contributed by atoms with Crippen molar-refractivity contribution in [1.29, 1.82) is 15.8 Å². The molecule has 0 heterocycles. The van der Waals surface area contributed by atoms with Gasteiger partial charge in [-0.05, 0) is 30.5 Å². The summed E-state index contributed by atoms with van der Waals surface area (Å²) in [4.78, 5) is 0. The third-order valence-corrected chi connectivity index (χ3v) is 2.65. The smallest absolute Gasteiger partial charge is 0.0995 e. The summed E-state index contributed by atoms with van der Waals surface area (Å²) in [6.07, 6.45) is 3.87. The van der Waals surface area contributed by atoms with Crippen LogP contribution in [-0.4, -0.2) is 0 Å². The highest BCUT2D eigenvalue weighted by Gasteiger charge is 2.10. The molecule has 0 radical (unpaired) electrons. The fourth-order valence-electron chi connectivity index (χ4n) is 1.76. The summed E-state index contributed by atoms with van der Waals surface area (Å²) in [5.74, 6) is 0. The minimum absolute atomic E-state index is 0.373. The monoisotopic (exact) mass is 223 g/mol. The van der Waals surface area contributed by atoms with Gasteiger partial charge in [-0.15, -0.1) is 0 Å². The second-order valence-corrected chi connectivity index (χ2v) is 3.84. The molecule has 17 heavy (non-hydrogen) atoms. The first-order valence-electron chi connectivity index (χ1n) is 5.64. The summed E-state index contributed by atoms with van der Waals surface area (Å²) in [5, 5.41) is 26.9. The van der Waals surface area contributed by atoms with Crippen LogP contribution < -0.4 is 0 Å². The van der Waals surface area contributed by atoms with Gasteiger partial charge in [0.15, 0.2) is 0 Å². The summed E-state index contributed by atoms with van der Waals surface area (Å²) in [6, 6.07) is 9.22. The normalized spacial score (nSPS) is 9.06. The number of nitrogens with zero attached hydrogens (tertiary/aromatic N) is 3. The molecule has 0 amide bonds. The first kappa shape index (κ1) is 12.8. The number of nitriles is 3. The summed E-state index contributed by atoms with van der Waals surface area (Å²) in [5.41, 5.74) is 2.06. The van der Waals surface area contributed by atoms with Crippen molar-refractivity contribution in [3.63, 3.8) is 0 Å². The quantitative estimate of drug-likeness (QED) is 0.736. The fourth-order valence-corrected chi connectivity index (χ4v) is 1.76. The molecule has 0 spiro atoms. The van der Waals surface area contributed by atoms with Crippen molar-refractivity contribution in [2.24, 2.45) is 0 Å². The third kappa shape index (κ3) is 3.07. The van der Waals surface area contributed by atoms with Crippen molar-refractivity contribution in [2.45, 2.75) is 32.6 Å². The van der Waals surface area contributed by atoms with Crippen LogP contribution in [0, 0.1) is 34.0 Å². The van der Waals surface area contributed by atoms with Crippen LogP contribution in [0.15, 0.2) is 12.1 Å². The molecule has 1 aromatic rings. The van der Waals surface area contributed by atoms with Crippen molar-refractivity contribution < 1.29 is 0 Å². The Balaban J connectivity index is 3.15. The van der Waals surface area contributed by atoms with Gasteiger partial charge in [-0.3, -0.25) is 0 Å². The minimum atomic E-state index is 0.373. The molecule has 0 unspecified atom stereocenters. The minimum Gasteiger partial charge on any atom is -0.192 e. The predicted octanol–water partition coefficient (Wildman–Crippen LogP) is 3.03. The second-order valence-electron chi connectivity index (χ2n) is 3.84. The summed E-state index contributed by atoms with van der Waals surface area (Å²) >= 11 is 0. The topological polar surface area (TPSA) is 71.4 Å². The van der Waals surface area contributed by atoms with E-state index in [0.29, 0.717) is 16.7 Å². The van der Waals surface area contributed by atoms with Crippen molar-refractivity contribution >= 4 is 0 Å². The maximum absolute atomic E-state index is 9.05. The molecule has 0 aromatic heterocycles. The van der Waals surface area contributed by atoms with Crippen LogP contribution in [0.3, 0.4) is 0 Å². The largest absolute Gasteiger partial charge is 0.192 e. The number of benzene rings is 1. The molecule has 0 aliphatic heterocycles. The van der Waals surface area contributed by atoms with E-state index in [1.807, 2.05) is 6.07 Å². The van der Waals surface area contributed by atoms with Crippen LogP contribution in [0.1, 0.15) is 48.4 Å². The Bertz CT molecular complexity index is 489. The van der Waals surface area contributed by atoms with Crippen LogP contribution in [0.25, 0.3) is 0 Å². The highest BCUT2D eigenvalue weighted by molar-refractivity contribution is 5.53. The maximum Gasteiger partial charge on any atom is 0.0995 e. The van der Waals surface area contributed by atoms with Gasteiger partial charge >= 0.3 is 0 Å². The number of rotatable bonds is 4. The van der Waals surface area contributed by atoms with Gasteiger partial charge in [-0.1, -0.05) is 19.8 Å². The average Bonchev–Trinajstić information content (AvgIpc) is 2.38. The molecule has 0 aliphatic rings. The van der Waals surface area contributed by atoms with E-state index >= 15 is 0 Å². The summed E-state index contributed by atoms with van der Waals surface area (Å²) in [7, 11) is 0. The fraction of sp³-hybridized carbons (Fsp3) is 0.357. The van der Waals surface area contributed by atoms with Crippen molar-refractivity contribution in [2.75, 3.05) is 0 Å². The van der Waals surface area contributed by atoms with Crippen LogP contribution in [0.2, 0.25) is 0 Å². The zero-order chi connectivity index (χ0) is 12.7. The van der Waals surface area contributed by atoms with E-state index in [9.17, 15) is 0 Å². The maximum atomic E-state index is 9.05. The highest BCUT2D eigenvalue weighted by atomic mass is 14.3. The van der Waals surface area contributed by atoms with Gasteiger partial charge < -0.3 is 0 Å². The molecular weight excluding hydrogens is 210 g/mol. The Kier molecular flexibility index (Phi) is 4.74. The molecular formula is C14H13N3. The molecule has 0 atom stereocenters. The van der Waals surface area contributed by atoms with E-state index in [0.717, 1.165) is 31.2 Å². The molecule has 1 aromatic carbocycles. The Morgan fingerprint density at radius 3 is 1.94 bits per heavy atom. The predicted molar refractivity (Wildman–Crippen MR) is 63.8 cm³/mol. The van der Waals surface area contributed by atoms with E-state index < -0.39 is 0 Å². The van der Waals surface area contributed by atoms with Gasteiger partial charge in [-0.2, -0.15) is 15.8 Å². The van der Waals surface area contributed by atoms with Crippen LogP contribution in [-0.2, 0) is 6.42 Å². The Labute approximate surface area is 102 Å². The van der Waals surface area contributed by atoms with E-state index in [1.54, 1.807) is 12.1 Å². The first-order chi connectivity index (χ1) is 8.26. The van der Waals surface area contributed by atoms with Gasteiger partial charge in [0.2, 0.25) is 0 Å². The first-order valence-corrected chi connectivity index (χ1v) is 5.64. The molecule has 3 heteroatoms. The summed E-state index contributed by atoms with van der Waals surface area (Å²) < 4.78 is 0. The van der Waals surface area contributed by atoms with Crippen LogP contribution in [0.5, 0.6) is 0 Å². The molecule has 0 saturated heterocycles. The van der Waals surface area contributed by atoms with Gasteiger partial charge in [-0.25, -0.2) is 0 Å². The van der Waals surface area contributed by atoms with Gasteiger partial charge in [0, 0.05) is 0 Å². The van der Waals surface area contributed by atoms with E-state index in [-0.39, 0.29) is 0 Å². The molecule has 3 nitrogen and oxygen atoms in total. The molecule has 0 fully saturated rings. The van der Waals surface area contributed by atoms with Crippen molar-refractivity contribution in [3.05, 3.63) is 34.4 Å². The summed E-state index contributed by atoms with van der Waals surface area (Å²) in [6.45, 7) is 2.11. The molecule has 0 N–H and O–H groups in total. The average molecular weight is 223 g/mol. The number of hydrogen-bond donors (Lipinski definition) is 0. The highest BCUT2D eigenvalue weighted by Crippen LogP contribution is 2.19. The van der Waals surface area contributed by atoms with Gasteiger partial charge in [0.05, 0.1) is 34.9 Å². The number of unbranched alkanes of at least 4 members (excludes halogenated alkanes) is 2. The van der Waals surface area contributed by atoms with Crippen LogP contribution >= 0.6 is 0 Å². The van der Waals surface area contributed by atoms with E-state index in [1.165, 1.54) is 0 Å². The van der Waals surface area contributed by atoms with Crippen molar-refractivity contribution in [1.82, 2.24) is 0 Å². The zero-order valence-electron chi connectivity index (χ0n) is 9.82. The van der Waals surface area contributed by atoms with Crippen molar-refractivity contribution in [3.8, 4) is 18.2 Å². The molecule has 1 rings (SSSR count). The lowest BCUT2D eigenvalue weighted by atomic mass is 9.95. The lowest BCUT2D eigenvalue weighted by Crippen LogP contribution is -1.97. The standard InChI is InChI=1S/C14H13N3/c1-2-3-4-5-14-12(9-16)6-11(8-15)7-13(14)10-17/h6-7H,2-5H2,1H3. The molecule has 0 aliphatic carbocycles.